The molecule has 6 heteroatoms. The maximum absolute atomic E-state index is 12.5. The van der Waals surface area contributed by atoms with E-state index in [9.17, 15) is 9.59 Å². The van der Waals surface area contributed by atoms with E-state index in [1.807, 2.05) is 24.3 Å². The Hall–Kier alpha value is -1.69. The van der Waals surface area contributed by atoms with Crippen molar-refractivity contribution in [3.63, 3.8) is 0 Å². The molecule has 1 aliphatic rings. The van der Waals surface area contributed by atoms with E-state index < -0.39 is 0 Å². The van der Waals surface area contributed by atoms with Gasteiger partial charge in [0.25, 0.3) is 5.91 Å². The number of carbonyl (C=O) groups excluding carboxylic acids is 2. The molecule has 2 amide bonds. The lowest BCUT2D eigenvalue weighted by atomic mass is 10.2. The van der Waals surface area contributed by atoms with Gasteiger partial charge in [-0.3, -0.25) is 4.79 Å². The monoisotopic (exact) mass is 336 g/mol. The van der Waals surface area contributed by atoms with Crippen molar-refractivity contribution in [3.05, 3.63) is 29.8 Å². The SMILES string of the molecule is CCOC(=O)N1CCN(C(=O)c2ccc(SC(C)C)cc2)CC1. The standard InChI is InChI=1S/C17H24N2O3S/c1-4-22-17(21)19-11-9-18(10-12-19)16(20)14-5-7-15(8-6-14)23-13(2)3/h5-8,13H,4,9-12H2,1-3H3. The predicted octanol–water partition coefficient (Wildman–Crippen LogP) is 3.10. The molecule has 1 aliphatic heterocycles. The number of carbonyl (C=O) groups is 2. The minimum Gasteiger partial charge on any atom is -0.450 e. The molecular formula is C17H24N2O3S. The van der Waals surface area contributed by atoms with Crippen LogP contribution in [0, 0.1) is 0 Å². The van der Waals surface area contributed by atoms with Gasteiger partial charge in [0.2, 0.25) is 0 Å². The average molecular weight is 336 g/mol. The molecule has 1 fully saturated rings. The van der Waals surface area contributed by atoms with E-state index in [2.05, 4.69) is 13.8 Å². The third kappa shape index (κ3) is 4.89. The molecule has 2 rings (SSSR count). The van der Waals surface area contributed by atoms with Gasteiger partial charge >= 0.3 is 6.09 Å². The second-order valence-electron chi connectivity index (χ2n) is 5.67. The van der Waals surface area contributed by atoms with Crippen LogP contribution in [-0.2, 0) is 4.74 Å². The Bertz CT molecular complexity index is 537. The third-order valence-electron chi connectivity index (χ3n) is 3.57. The summed E-state index contributed by atoms with van der Waals surface area (Å²) in [5.74, 6) is 0.0228. The quantitative estimate of drug-likeness (QED) is 0.793. The second-order valence-corrected chi connectivity index (χ2v) is 7.32. The van der Waals surface area contributed by atoms with Crippen molar-refractivity contribution < 1.29 is 14.3 Å². The summed E-state index contributed by atoms with van der Waals surface area (Å²) in [6, 6.07) is 7.75. The number of hydrogen-bond acceptors (Lipinski definition) is 4. The lowest BCUT2D eigenvalue weighted by molar-refractivity contribution is 0.0570. The van der Waals surface area contributed by atoms with Crippen molar-refractivity contribution in [3.8, 4) is 0 Å². The molecule has 0 aromatic heterocycles. The normalized spacial score (nSPS) is 15.0. The van der Waals surface area contributed by atoms with Crippen molar-refractivity contribution in [1.82, 2.24) is 9.80 Å². The van der Waals surface area contributed by atoms with Crippen LogP contribution >= 0.6 is 11.8 Å². The van der Waals surface area contributed by atoms with E-state index in [0.29, 0.717) is 43.6 Å². The van der Waals surface area contributed by atoms with E-state index in [-0.39, 0.29) is 12.0 Å². The smallest absolute Gasteiger partial charge is 0.409 e. The van der Waals surface area contributed by atoms with Crippen LogP contribution in [0.4, 0.5) is 4.79 Å². The van der Waals surface area contributed by atoms with Gasteiger partial charge in [-0.05, 0) is 31.2 Å². The van der Waals surface area contributed by atoms with Crippen LogP contribution in [0.25, 0.3) is 0 Å². The van der Waals surface area contributed by atoms with Gasteiger partial charge in [-0.2, -0.15) is 0 Å². The molecule has 0 unspecified atom stereocenters. The van der Waals surface area contributed by atoms with Crippen LogP contribution in [0.2, 0.25) is 0 Å². The molecule has 1 aromatic carbocycles. The topological polar surface area (TPSA) is 49.9 Å². The van der Waals surface area contributed by atoms with Crippen molar-refractivity contribution in [1.29, 1.82) is 0 Å². The Morgan fingerprint density at radius 1 is 1.09 bits per heavy atom. The van der Waals surface area contributed by atoms with Crippen molar-refractivity contribution >= 4 is 23.8 Å². The Morgan fingerprint density at radius 3 is 2.17 bits per heavy atom. The highest BCUT2D eigenvalue weighted by Gasteiger charge is 2.25. The zero-order chi connectivity index (χ0) is 16.8. The second kappa shape index (κ2) is 8.24. The minimum atomic E-state index is -0.297. The number of thioether (sulfide) groups is 1. The number of nitrogens with zero attached hydrogens (tertiary/aromatic N) is 2. The summed E-state index contributed by atoms with van der Waals surface area (Å²) < 4.78 is 4.99. The highest BCUT2D eigenvalue weighted by atomic mass is 32.2. The zero-order valence-electron chi connectivity index (χ0n) is 13.9. The van der Waals surface area contributed by atoms with E-state index >= 15 is 0 Å². The van der Waals surface area contributed by atoms with Gasteiger partial charge in [0.15, 0.2) is 0 Å². The highest BCUT2D eigenvalue weighted by molar-refractivity contribution is 7.99. The number of rotatable bonds is 4. The fraction of sp³-hybridized carbons (Fsp3) is 0.529. The van der Waals surface area contributed by atoms with Crippen LogP contribution in [-0.4, -0.2) is 59.8 Å². The molecule has 0 radical (unpaired) electrons. The van der Waals surface area contributed by atoms with Crippen LogP contribution < -0.4 is 0 Å². The number of piperazine rings is 1. The Morgan fingerprint density at radius 2 is 1.65 bits per heavy atom. The molecule has 0 aliphatic carbocycles. The zero-order valence-corrected chi connectivity index (χ0v) is 14.8. The fourth-order valence-electron chi connectivity index (χ4n) is 2.44. The van der Waals surface area contributed by atoms with Crippen LogP contribution in [0.5, 0.6) is 0 Å². The Labute approximate surface area is 142 Å². The maximum atomic E-state index is 12.5. The van der Waals surface area contributed by atoms with E-state index in [1.165, 1.54) is 4.90 Å². The number of amides is 2. The number of ether oxygens (including phenoxy) is 1. The first kappa shape index (κ1) is 17.7. The average Bonchev–Trinajstić information content (AvgIpc) is 2.55. The lowest BCUT2D eigenvalue weighted by Gasteiger charge is -2.34. The van der Waals surface area contributed by atoms with Crippen molar-refractivity contribution in [2.24, 2.45) is 0 Å². The lowest BCUT2D eigenvalue weighted by Crippen LogP contribution is -2.50. The largest absolute Gasteiger partial charge is 0.450 e. The first-order valence-corrected chi connectivity index (χ1v) is 8.87. The maximum Gasteiger partial charge on any atom is 0.409 e. The van der Waals surface area contributed by atoms with Gasteiger partial charge in [0.1, 0.15) is 0 Å². The molecule has 126 valence electrons. The van der Waals surface area contributed by atoms with Crippen LogP contribution in [0.1, 0.15) is 31.1 Å². The van der Waals surface area contributed by atoms with Gasteiger partial charge in [0, 0.05) is 41.9 Å². The summed E-state index contributed by atoms with van der Waals surface area (Å²) >= 11 is 1.78. The molecule has 5 nitrogen and oxygen atoms in total. The summed E-state index contributed by atoms with van der Waals surface area (Å²) in [7, 11) is 0. The van der Waals surface area contributed by atoms with Gasteiger partial charge in [-0.1, -0.05) is 13.8 Å². The highest BCUT2D eigenvalue weighted by Crippen LogP contribution is 2.23. The molecule has 0 atom stereocenters. The molecule has 0 N–H and O–H groups in total. The minimum absolute atomic E-state index is 0.0228. The van der Waals surface area contributed by atoms with E-state index in [0.717, 1.165) is 0 Å². The van der Waals surface area contributed by atoms with Gasteiger partial charge in [0.05, 0.1) is 6.61 Å². The summed E-state index contributed by atoms with van der Waals surface area (Å²) in [4.78, 5) is 28.8. The van der Waals surface area contributed by atoms with Crippen LogP contribution in [0.3, 0.4) is 0 Å². The van der Waals surface area contributed by atoms with Gasteiger partial charge in [-0.25, -0.2) is 4.79 Å². The van der Waals surface area contributed by atoms with Crippen LogP contribution in [0.15, 0.2) is 29.2 Å². The molecule has 1 saturated heterocycles. The number of hydrogen-bond donors (Lipinski definition) is 0. The summed E-state index contributed by atoms with van der Waals surface area (Å²) in [6.07, 6.45) is -0.297. The molecule has 0 saturated carbocycles. The molecule has 0 spiro atoms. The van der Waals surface area contributed by atoms with Crippen molar-refractivity contribution in [2.45, 2.75) is 30.9 Å². The molecule has 23 heavy (non-hydrogen) atoms. The molecule has 1 aromatic rings. The fourth-order valence-corrected chi connectivity index (χ4v) is 3.28. The van der Waals surface area contributed by atoms with Crippen molar-refractivity contribution in [2.75, 3.05) is 32.8 Å². The summed E-state index contributed by atoms with van der Waals surface area (Å²) in [6.45, 7) is 8.58. The van der Waals surface area contributed by atoms with Gasteiger partial charge < -0.3 is 14.5 Å². The summed E-state index contributed by atoms with van der Waals surface area (Å²) in [5.41, 5.74) is 0.697. The predicted molar refractivity (Wildman–Crippen MR) is 91.9 cm³/mol. The van der Waals surface area contributed by atoms with E-state index in [1.54, 1.807) is 28.5 Å². The van der Waals surface area contributed by atoms with E-state index in [4.69, 9.17) is 4.74 Å². The Kier molecular flexibility index (Phi) is 6.33. The Balaban J connectivity index is 1.90. The van der Waals surface area contributed by atoms with Gasteiger partial charge in [-0.15, -0.1) is 11.8 Å². The first-order chi connectivity index (χ1) is 11.0. The summed E-state index contributed by atoms with van der Waals surface area (Å²) in [5, 5.41) is 0.521. The molecule has 1 heterocycles. The third-order valence-corrected chi connectivity index (χ3v) is 4.58. The number of benzene rings is 1. The molecular weight excluding hydrogens is 312 g/mol. The molecule has 0 bridgehead atoms. The first-order valence-electron chi connectivity index (χ1n) is 7.99.